The summed E-state index contributed by atoms with van der Waals surface area (Å²) in [4.78, 5) is 32.5. The number of carbonyl (C=O) groups is 1. The zero-order valence-corrected chi connectivity index (χ0v) is 20.4. The van der Waals surface area contributed by atoms with E-state index in [1.165, 1.54) is 19.5 Å². The summed E-state index contributed by atoms with van der Waals surface area (Å²) >= 11 is 0. The molecular formula is C24H25FN8O5. The number of hydrogen-bond acceptors (Lipinski definition) is 9. The number of carboxylic acid groups (broad SMARTS) is 1. The van der Waals surface area contributed by atoms with Gasteiger partial charge in [0.25, 0.3) is 11.9 Å². The second kappa shape index (κ2) is 12.6. The van der Waals surface area contributed by atoms with E-state index in [-0.39, 0.29) is 23.4 Å². The lowest BCUT2D eigenvalue weighted by atomic mass is 10.0. The molecule has 2 aromatic carbocycles. The second-order valence-electron chi connectivity index (χ2n) is 7.53. The third-order valence-corrected chi connectivity index (χ3v) is 4.89. The number of nitrogens with zero attached hydrogens (tertiary/aromatic N) is 4. The van der Waals surface area contributed by atoms with Crippen molar-refractivity contribution < 1.29 is 23.8 Å². The fourth-order valence-electron chi connectivity index (χ4n) is 3.27. The van der Waals surface area contributed by atoms with Crippen LogP contribution in [0.2, 0.25) is 0 Å². The average molecular weight is 525 g/mol. The third-order valence-electron chi connectivity index (χ3n) is 4.89. The summed E-state index contributed by atoms with van der Waals surface area (Å²) in [5, 5.41) is 22.7. The summed E-state index contributed by atoms with van der Waals surface area (Å²) in [6, 6.07) is 12.8. The number of nitrogens with one attached hydrogen (secondary N) is 3. The van der Waals surface area contributed by atoms with Crippen LogP contribution >= 0.6 is 0 Å². The maximum atomic E-state index is 12.7. The number of anilines is 1. The van der Waals surface area contributed by atoms with Crippen molar-refractivity contribution in [2.45, 2.75) is 13.0 Å². The van der Waals surface area contributed by atoms with Gasteiger partial charge in [0.05, 0.1) is 7.11 Å². The van der Waals surface area contributed by atoms with Crippen LogP contribution < -0.4 is 26.2 Å². The Morgan fingerprint density at radius 3 is 2.45 bits per heavy atom. The molecule has 0 saturated carbocycles. The highest BCUT2D eigenvalue weighted by Crippen LogP contribution is 2.33. The molecule has 2 aromatic heterocycles. The Balaban J connectivity index is 0.000000934. The molecule has 0 spiro atoms. The van der Waals surface area contributed by atoms with E-state index >= 15 is 0 Å². The van der Waals surface area contributed by atoms with Crippen molar-refractivity contribution in [3.8, 4) is 17.4 Å². The average Bonchev–Trinajstić information content (AvgIpc) is 3.29. The number of hydrogen-bond donors (Lipinski definition) is 5. The van der Waals surface area contributed by atoms with Gasteiger partial charge in [0.2, 0.25) is 6.86 Å². The predicted molar refractivity (Wildman–Crippen MR) is 136 cm³/mol. The van der Waals surface area contributed by atoms with Crippen LogP contribution in [0.4, 0.5) is 10.1 Å². The Bertz CT molecular complexity index is 1440. The number of nitrogen functional groups attached to an aromatic ring is 1. The molecule has 2 heterocycles. The fourth-order valence-corrected chi connectivity index (χ4v) is 3.27. The standard InChI is InChI=1S/C22H21FN8O3.C2H4O2/c1-33-17-11-14(5-8-16(17)34-12-23)18(28-15-6-3-13(4-7-15)19(24)25)20-29-22(32)31(30-20)21-26-9-2-10-27-21;1-2(3)4/h2-11,18,28H,12H2,1H3,(H3,24,25)(H,29,30,32);1H3,(H,3,4). The van der Waals surface area contributed by atoms with Crippen molar-refractivity contribution in [1.82, 2.24) is 24.7 Å². The minimum absolute atomic E-state index is 0.0535. The number of aromatic amines is 1. The molecular weight excluding hydrogens is 499 g/mol. The first kappa shape index (κ1) is 27.3. The van der Waals surface area contributed by atoms with Crippen LogP contribution in [0.1, 0.15) is 29.9 Å². The van der Waals surface area contributed by atoms with E-state index in [1.54, 1.807) is 48.5 Å². The molecule has 0 radical (unpaired) electrons. The Labute approximate surface area is 215 Å². The molecule has 0 fully saturated rings. The van der Waals surface area contributed by atoms with Crippen molar-refractivity contribution in [3.05, 3.63) is 88.4 Å². The minimum Gasteiger partial charge on any atom is -0.493 e. The first-order valence-electron chi connectivity index (χ1n) is 11.0. The lowest BCUT2D eigenvalue weighted by Gasteiger charge is -2.20. The normalized spacial score (nSPS) is 11.0. The predicted octanol–water partition coefficient (Wildman–Crippen LogP) is 2.24. The second-order valence-corrected chi connectivity index (χ2v) is 7.53. The molecule has 0 aliphatic rings. The van der Waals surface area contributed by atoms with Gasteiger partial charge in [-0.2, -0.15) is 0 Å². The van der Waals surface area contributed by atoms with Crippen LogP contribution in [-0.2, 0) is 4.79 Å². The van der Waals surface area contributed by atoms with Gasteiger partial charge in [0.15, 0.2) is 17.3 Å². The maximum Gasteiger partial charge on any atom is 0.350 e. The Kier molecular flexibility index (Phi) is 9.07. The van der Waals surface area contributed by atoms with E-state index in [1.807, 2.05) is 0 Å². The lowest BCUT2D eigenvalue weighted by molar-refractivity contribution is -0.134. The quantitative estimate of drug-likeness (QED) is 0.160. The first-order valence-corrected chi connectivity index (χ1v) is 11.0. The van der Waals surface area contributed by atoms with E-state index < -0.39 is 24.6 Å². The largest absolute Gasteiger partial charge is 0.493 e. The zero-order chi connectivity index (χ0) is 27.7. The van der Waals surface area contributed by atoms with Gasteiger partial charge in [0.1, 0.15) is 11.9 Å². The Hall–Kier alpha value is -5.27. The van der Waals surface area contributed by atoms with Gasteiger partial charge >= 0.3 is 5.69 Å². The number of H-pyrrole nitrogens is 1. The monoisotopic (exact) mass is 524 g/mol. The molecule has 38 heavy (non-hydrogen) atoms. The van der Waals surface area contributed by atoms with Gasteiger partial charge < -0.3 is 25.6 Å². The van der Waals surface area contributed by atoms with Gasteiger partial charge in [-0.05, 0) is 48.0 Å². The summed E-state index contributed by atoms with van der Waals surface area (Å²) in [7, 11) is 1.44. The highest BCUT2D eigenvalue weighted by molar-refractivity contribution is 5.95. The highest BCUT2D eigenvalue weighted by Gasteiger charge is 2.22. The van der Waals surface area contributed by atoms with E-state index in [9.17, 15) is 9.18 Å². The summed E-state index contributed by atoms with van der Waals surface area (Å²) in [6.45, 7) is 0.0781. The number of methoxy groups -OCH3 is 1. The molecule has 4 aromatic rings. The van der Waals surface area contributed by atoms with E-state index in [0.29, 0.717) is 22.6 Å². The molecule has 0 saturated heterocycles. The lowest BCUT2D eigenvalue weighted by Crippen LogP contribution is -2.18. The minimum atomic E-state index is -1.01. The summed E-state index contributed by atoms with van der Waals surface area (Å²) in [6.07, 6.45) is 3.01. The number of aliphatic carboxylic acids is 1. The summed E-state index contributed by atoms with van der Waals surface area (Å²) in [5.41, 5.74) is 6.90. The summed E-state index contributed by atoms with van der Waals surface area (Å²) in [5.74, 6) is 0.0393. The van der Waals surface area contributed by atoms with Gasteiger partial charge in [-0.1, -0.05) is 6.07 Å². The van der Waals surface area contributed by atoms with Crippen LogP contribution in [0, 0.1) is 5.41 Å². The fraction of sp³-hybridized carbons (Fsp3) is 0.167. The number of halogens is 1. The van der Waals surface area contributed by atoms with Gasteiger partial charge in [-0.15, -0.1) is 9.78 Å². The molecule has 1 unspecified atom stereocenters. The van der Waals surface area contributed by atoms with Crippen molar-refractivity contribution in [1.29, 1.82) is 5.41 Å². The SMILES string of the molecule is CC(=O)O.COc1cc(C(Nc2ccc(C(=N)N)cc2)c2nn(-c3ncccn3)c(=O)[nH]2)ccc1OCF. The number of aromatic nitrogens is 5. The molecule has 0 amide bonds. The highest BCUT2D eigenvalue weighted by atomic mass is 19.1. The molecule has 0 aliphatic carbocycles. The van der Waals surface area contributed by atoms with Crippen molar-refractivity contribution in [2.75, 3.05) is 19.3 Å². The number of ether oxygens (including phenoxy) is 2. The van der Waals surface area contributed by atoms with Crippen molar-refractivity contribution >= 4 is 17.5 Å². The molecule has 0 aliphatic heterocycles. The molecule has 1 atom stereocenters. The smallest absolute Gasteiger partial charge is 0.350 e. The van der Waals surface area contributed by atoms with E-state index in [0.717, 1.165) is 11.6 Å². The molecule has 198 valence electrons. The van der Waals surface area contributed by atoms with E-state index in [2.05, 4.69) is 25.4 Å². The Morgan fingerprint density at radius 2 is 1.87 bits per heavy atom. The molecule has 4 rings (SSSR count). The van der Waals surface area contributed by atoms with Crippen LogP contribution in [0.15, 0.2) is 65.7 Å². The number of alkyl halides is 1. The Morgan fingerprint density at radius 1 is 1.21 bits per heavy atom. The molecule has 13 nitrogen and oxygen atoms in total. The number of carboxylic acids is 1. The van der Waals surface area contributed by atoms with Crippen LogP contribution in [0.3, 0.4) is 0 Å². The molecule has 6 N–H and O–H groups in total. The van der Waals surface area contributed by atoms with Crippen LogP contribution in [-0.4, -0.2) is 55.6 Å². The maximum absolute atomic E-state index is 12.7. The number of rotatable bonds is 9. The van der Waals surface area contributed by atoms with Gasteiger partial charge in [-0.25, -0.2) is 19.2 Å². The molecule has 14 heteroatoms. The van der Waals surface area contributed by atoms with Crippen molar-refractivity contribution in [3.63, 3.8) is 0 Å². The topological polar surface area (TPSA) is 194 Å². The van der Waals surface area contributed by atoms with Gasteiger partial charge in [-0.3, -0.25) is 15.2 Å². The zero-order valence-electron chi connectivity index (χ0n) is 20.4. The first-order chi connectivity index (χ1) is 18.2. The van der Waals surface area contributed by atoms with Crippen molar-refractivity contribution in [2.24, 2.45) is 5.73 Å². The number of nitrogens with two attached hydrogens (primary N) is 1. The van der Waals surface area contributed by atoms with Crippen LogP contribution in [0.5, 0.6) is 11.5 Å². The van der Waals surface area contributed by atoms with Gasteiger partial charge in [0, 0.05) is 30.6 Å². The number of amidine groups is 1. The summed E-state index contributed by atoms with van der Waals surface area (Å²) < 4.78 is 24.1. The third kappa shape index (κ3) is 6.90. The van der Waals surface area contributed by atoms with Crippen LogP contribution in [0.25, 0.3) is 5.95 Å². The van der Waals surface area contributed by atoms with E-state index in [4.69, 9.17) is 30.5 Å². The number of benzene rings is 2. The molecule has 0 bridgehead atoms.